The minimum absolute atomic E-state index is 0.0519. The standard InChI is InChI=1S/C28H44N8OS/c1-19(2)35-15-9-21(10-16-35)24(20-7-12-28(3,4)13-8-20)25(37)31-27-34-33-26(38-27)30-22-11-17-36(18-22)23-6-5-14-29-32-23/h5-6,14,19-22,24H,7-13,15-18H2,1-4H3,(H,30,33)(H,31,34,37)/t22-,24?/m1/s1. The van der Waals surface area contributed by atoms with Crippen LogP contribution in [0, 0.1) is 23.2 Å². The van der Waals surface area contributed by atoms with E-state index in [4.69, 9.17) is 0 Å². The van der Waals surface area contributed by atoms with Gasteiger partial charge >= 0.3 is 0 Å². The monoisotopic (exact) mass is 540 g/mol. The molecule has 1 amide bonds. The van der Waals surface area contributed by atoms with E-state index in [0.717, 1.165) is 69.2 Å². The molecule has 9 nitrogen and oxygen atoms in total. The van der Waals surface area contributed by atoms with Gasteiger partial charge in [0.2, 0.25) is 16.2 Å². The highest BCUT2D eigenvalue weighted by Gasteiger charge is 2.40. The highest BCUT2D eigenvalue weighted by Crippen LogP contribution is 2.45. The first-order valence-electron chi connectivity index (χ1n) is 14.4. The molecule has 0 radical (unpaired) electrons. The van der Waals surface area contributed by atoms with Crippen molar-refractivity contribution in [3.63, 3.8) is 0 Å². The zero-order chi connectivity index (χ0) is 26.7. The van der Waals surface area contributed by atoms with Gasteiger partial charge in [-0.1, -0.05) is 25.2 Å². The summed E-state index contributed by atoms with van der Waals surface area (Å²) in [5.74, 6) is 1.99. The van der Waals surface area contributed by atoms with Gasteiger partial charge < -0.3 is 20.4 Å². The van der Waals surface area contributed by atoms with Gasteiger partial charge in [-0.05, 0) is 101 Å². The molecule has 0 aromatic carbocycles. The zero-order valence-electron chi connectivity index (χ0n) is 23.4. The van der Waals surface area contributed by atoms with Crippen LogP contribution < -0.4 is 15.5 Å². The summed E-state index contributed by atoms with van der Waals surface area (Å²) in [4.78, 5) is 18.6. The number of likely N-dealkylation sites (tertiary alicyclic amines) is 1. The lowest BCUT2D eigenvalue weighted by Gasteiger charge is -2.43. The van der Waals surface area contributed by atoms with Gasteiger partial charge in [0.15, 0.2) is 5.82 Å². The second-order valence-electron chi connectivity index (χ2n) is 12.6. The number of rotatable bonds is 8. The van der Waals surface area contributed by atoms with E-state index in [2.05, 4.69) is 68.5 Å². The van der Waals surface area contributed by atoms with Gasteiger partial charge in [0.1, 0.15) is 0 Å². The molecule has 2 N–H and O–H groups in total. The predicted molar refractivity (Wildman–Crippen MR) is 153 cm³/mol. The number of carbonyl (C=O) groups is 1. The van der Waals surface area contributed by atoms with E-state index in [1.165, 1.54) is 24.2 Å². The van der Waals surface area contributed by atoms with Crippen molar-refractivity contribution in [3.8, 4) is 0 Å². The minimum atomic E-state index is 0.0519. The second kappa shape index (κ2) is 11.8. The van der Waals surface area contributed by atoms with Crippen LogP contribution in [-0.4, -0.2) is 69.5 Å². The van der Waals surface area contributed by atoms with E-state index in [1.807, 2.05) is 12.1 Å². The quantitative estimate of drug-likeness (QED) is 0.487. The fourth-order valence-electron chi connectivity index (χ4n) is 6.63. The normalized spacial score (nSPS) is 24.0. The summed E-state index contributed by atoms with van der Waals surface area (Å²) in [5, 5.41) is 25.0. The lowest BCUT2D eigenvalue weighted by molar-refractivity contribution is -0.125. The van der Waals surface area contributed by atoms with Crippen molar-refractivity contribution in [1.82, 2.24) is 25.3 Å². The summed E-state index contributed by atoms with van der Waals surface area (Å²) in [7, 11) is 0. The van der Waals surface area contributed by atoms with Crippen LogP contribution in [0.3, 0.4) is 0 Å². The number of amides is 1. The van der Waals surface area contributed by atoms with Gasteiger partial charge in [-0.2, -0.15) is 5.10 Å². The van der Waals surface area contributed by atoms with Crippen molar-refractivity contribution >= 4 is 33.3 Å². The van der Waals surface area contributed by atoms with Crippen LogP contribution in [0.1, 0.15) is 72.6 Å². The largest absolute Gasteiger partial charge is 0.355 e. The van der Waals surface area contributed by atoms with Crippen molar-refractivity contribution in [1.29, 1.82) is 0 Å². The average molecular weight is 541 g/mol. The molecule has 1 saturated carbocycles. The average Bonchev–Trinajstić information content (AvgIpc) is 3.56. The Hall–Kier alpha value is -2.33. The fourth-order valence-corrected chi connectivity index (χ4v) is 7.36. The van der Waals surface area contributed by atoms with Crippen molar-refractivity contribution in [2.24, 2.45) is 23.2 Å². The summed E-state index contributed by atoms with van der Waals surface area (Å²) < 4.78 is 0. The molecule has 1 aliphatic carbocycles. The van der Waals surface area contributed by atoms with Crippen LogP contribution in [0.4, 0.5) is 16.1 Å². The van der Waals surface area contributed by atoms with Crippen LogP contribution >= 0.6 is 11.3 Å². The molecule has 1 unspecified atom stereocenters. The summed E-state index contributed by atoms with van der Waals surface area (Å²) >= 11 is 1.44. The minimum Gasteiger partial charge on any atom is -0.355 e. The molecule has 10 heteroatoms. The highest BCUT2D eigenvalue weighted by molar-refractivity contribution is 7.19. The number of aromatic nitrogens is 4. The Kier molecular flexibility index (Phi) is 8.47. The number of hydrogen-bond acceptors (Lipinski definition) is 9. The third kappa shape index (κ3) is 6.62. The van der Waals surface area contributed by atoms with Crippen LogP contribution in [0.25, 0.3) is 0 Å². The lowest BCUT2D eigenvalue weighted by Crippen LogP contribution is -2.45. The van der Waals surface area contributed by atoms with Crippen molar-refractivity contribution in [3.05, 3.63) is 18.3 Å². The molecule has 3 aliphatic rings. The first-order chi connectivity index (χ1) is 18.3. The van der Waals surface area contributed by atoms with Crippen LogP contribution in [0.5, 0.6) is 0 Å². The van der Waals surface area contributed by atoms with Gasteiger partial charge in [0.05, 0.1) is 0 Å². The number of carbonyl (C=O) groups excluding carboxylic acids is 1. The molecular formula is C28H44N8OS. The predicted octanol–water partition coefficient (Wildman–Crippen LogP) is 4.91. The van der Waals surface area contributed by atoms with Gasteiger partial charge in [-0.25, -0.2) is 0 Å². The van der Waals surface area contributed by atoms with Gasteiger partial charge in [-0.3, -0.25) is 4.79 Å². The van der Waals surface area contributed by atoms with E-state index in [1.54, 1.807) is 6.20 Å². The van der Waals surface area contributed by atoms with Gasteiger partial charge in [-0.15, -0.1) is 15.3 Å². The number of anilines is 3. The maximum Gasteiger partial charge on any atom is 0.229 e. The summed E-state index contributed by atoms with van der Waals surface area (Å²) in [6.45, 7) is 13.2. The van der Waals surface area contributed by atoms with Crippen LogP contribution in [0.15, 0.2) is 18.3 Å². The highest BCUT2D eigenvalue weighted by atomic mass is 32.1. The zero-order valence-corrected chi connectivity index (χ0v) is 24.2. The summed E-state index contributed by atoms with van der Waals surface area (Å²) in [6, 6.07) is 4.74. The van der Waals surface area contributed by atoms with Crippen LogP contribution in [-0.2, 0) is 4.79 Å². The molecule has 5 rings (SSSR count). The van der Waals surface area contributed by atoms with Crippen LogP contribution in [0.2, 0.25) is 0 Å². The molecule has 2 saturated heterocycles. The molecule has 38 heavy (non-hydrogen) atoms. The third-order valence-corrected chi connectivity index (χ3v) is 9.83. The Morgan fingerprint density at radius 3 is 2.39 bits per heavy atom. The summed E-state index contributed by atoms with van der Waals surface area (Å²) in [6.07, 6.45) is 9.57. The molecule has 4 heterocycles. The molecule has 208 valence electrons. The van der Waals surface area contributed by atoms with Crippen molar-refractivity contribution in [2.75, 3.05) is 41.7 Å². The number of hydrogen-bond donors (Lipinski definition) is 2. The van der Waals surface area contributed by atoms with E-state index < -0.39 is 0 Å². The Morgan fingerprint density at radius 1 is 1.00 bits per heavy atom. The van der Waals surface area contributed by atoms with Crippen molar-refractivity contribution < 1.29 is 4.79 Å². The van der Waals surface area contributed by atoms with E-state index >= 15 is 0 Å². The maximum atomic E-state index is 13.8. The first kappa shape index (κ1) is 27.2. The Labute approximate surface area is 231 Å². The fraction of sp³-hybridized carbons (Fsp3) is 0.750. The second-order valence-corrected chi connectivity index (χ2v) is 13.5. The maximum absolute atomic E-state index is 13.8. The van der Waals surface area contributed by atoms with Crippen molar-refractivity contribution in [2.45, 2.75) is 84.7 Å². The molecule has 2 aromatic heterocycles. The molecule has 0 spiro atoms. The number of nitrogens with zero attached hydrogens (tertiary/aromatic N) is 6. The SMILES string of the molecule is CC(C)N1CCC(C(C(=O)Nc2nnc(N[C@@H]3CCN(c4cccnn4)C3)s2)C2CCC(C)(C)CC2)CC1. The third-order valence-electron chi connectivity index (χ3n) is 9.06. The van der Waals surface area contributed by atoms with E-state index in [0.29, 0.717) is 28.4 Å². The molecule has 2 atom stereocenters. The molecule has 2 aliphatic heterocycles. The molecule has 0 bridgehead atoms. The molecule has 3 fully saturated rings. The number of piperidine rings is 1. The van der Waals surface area contributed by atoms with Gasteiger partial charge in [0, 0.05) is 37.3 Å². The first-order valence-corrected chi connectivity index (χ1v) is 15.3. The molecular weight excluding hydrogens is 496 g/mol. The molecule has 2 aromatic rings. The smallest absolute Gasteiger partial charge is 0.229 e. The Morgan fingerprint density at radius 2 is 1.71 bits per heavy atom. The topological polar surface area (TPSA) is 99.2 Å². The lowest BCUT2D eigenvalue weighted by atomic mass is 9.65. The number of nitrogens with one attached hydrogen (secondary N) is 2. The van der Waals surface area contributed by atoms with Gasteiger partial charge in [0.25, 0.3) is 0 Å². The van der Waals surface area contributed by atoms with E-state index in [-0.39, 0.29) is 17.9 Å². The van der Waals surface area contributed by atoms with E-state index in [9.17, 15) is 4.79 Å². The Bertz CT molecular complexity index is 1040. The Balaban J connectivity index is 1.20. The summed E-state index contributed by atoms with van der Waals surface area (Å²) in [5.41, 5.74) is 0.390.